The third kappa shape index (κ3) is 8.38. The standard InChI is InChI=1S/C43H72/c1-27(23-29-30(38(5,6)7)24-28(37(2,3)4)25-31(29)39(8,9)10)34-35(42(17,18)19)32(40(11,12)13)26-33(41(14,15)16)36(34)43(20,21)22/h24-27H,23H2,1-22H3. The third-order valence-electron chi connectivity index (χ3n) is 9.22. The molecule has 2 aromatic carbocycles. The van der Waals surface area contributed by atoms with E-state index in [4.69, 9.17) is 0 Å². The Morgan fingerprint density at radius 3 is 0.930 bits per heavy atom. The second-order valence-electron chi connectivity index (χ2n) is 21.0. The summed E-state index contributed by atoms with van der Waals surface area (Å²) in [6.07, 6.45) is 1.05. The highest BCUT2D eigenvalue weighted by Crippen LogP contribution is 2.49. The van der Waals surface area contributed by atoms with Crippen LogP contribution in [0.4, 0.5) is 0 Å². The molecule has 0 aliphatic rings. The summed E-state index contributed by atoms with van der Waals surface area (Å²) in [4.78, 5) is 0. The first-order chi connectivity index (χ1) is 18.7. The van der Waals surface area contributed by atoms with Gasteiger partial charge < -0.3 is 0 Å². The van der Waals surface area contributed by atoms with Crippen molar-refractivity contribution < 1.29 is 0 Å². The minimum atomic E-state index is 0.0262. The van der Waals surface area contributed by atoms with E-state index in [9.17, 15) is 0 Å². The fourth-order valence-corrected chi connectivity index (χ4v) is 7.07. The van der Waals surface area contributed by atoms with Gasteiger partial charge in [0.1, 0.15) is 0 Å². The van der Waals surface area contributed by atoms with Crippen LogP contribution in [0, 0.1) is 0 Å². The maximum atomic E-state index is 2.61. The highest BCUT2D eigenvalue weighted by molar-refractivity contribution is 5.58. The Hall–Kier alpha value is -1.56. The first kappa shape index (κ1) is 37.6. The molecule has 0 nitrogen and oxygen atoms in total. The van der Waals surface area contributed by atoms with Crippen molar-refractivity contribution in [1.82, 2.24) is 0 Å². The Kier molecular flexibility index (Phi) is 9.93. The molecule has 0 fully saturated rings. The Morgan fingerprint density at radius 2 is 0.698 bits per heavy atom. The summed E-state index contributed by atoms with van der Waals surface area (Å²) in [5.41, 5.74) is 14.2. The van der Waals surface area contributed by atoms with Crippen LogP contribution in [0.2, 0.25) is 0 Å². The molecule has 0 saturated carbocycles. The van der Waals surface area contributed by atoms with E-state index >= 15 is 0 Å². The molecule has 0 N–H and O–H groups in total. The van der Waals surface area contributed by atoms with Crippen LogP contribution < -0.4 is 0 Å². The lowest BCUT2D eigenvalue weighted by molar-refractivity contribution is 0.481. The molecule has 43 heavy (non-hydrogen) atoms. The fourth-order valence-electron chi connectivity index (χ4n) is 7.07. The summed E-state index contributed by atoms with van der Waals surface area (Å²) < 4.78 is 0. The predicted octanol–water partition coefficient (Wildman–Crippen LogP) is 13.1. The van der Waals surface area contributed by atoms with Crippen molar-refractivity contribution in [3.8, 4) is 0 Å². The Labute approximate surface area is 270 Å². The lowest BCUT2D eigenvalue weighted by Gasteiger charge is -2.42. The van der Waals surface area contributed by atoms with E-state index in [0.717, 1.165) is 6.42 Å². The van der Waals surface area contributed by atoms with Crippen molar-refractivity contribution in [1.29, 1.82) is 0 Å². The maximum absolute atomic E-state index is 2.61. The van der Waals surface area contributed by atoms with Crippen LogP contribution in [0.1, 0.15) is 208 Å². The maximum Gasteiger partial charge on any atom is -0.0126 e. The molecule has 0 saturated heterocycles. The lowest BCUT2D eigenvalue weighted by atomic mass is 9.62. The monoisotopic (exact) mass is 589 g/mol. The molecule has 0 heteroatoms. The van der Waals surface area contributed by atoms with Crippen molar-refractivity contribution in [2.45, 2.75) is 203 Å². The molecule has 0 aliphatic heterocycles. The van der Waals surface area contributed by atoms with E-state index in [1.165, 1.54) is 27.8 Å². The van der Waals surface area contributed by atoms with Crippen LogP contribution in [-0.4, -0.2) is 0 Å². The van der Waals surface area contributed by atoms with Gasteiger partial charge in [-0.3, -0.25) is 0 Å². The predicted molar refractivity (Wildman–Crippen MR) is 196 cm³/mol. The molecule has 244 valence electrons. The number of rotatable bonds is 3. The van der Waals surface area contributed by atoms with E-state index in [1.54, 1.807) is 22.3 Å². The lowest BCUT2D eigenvalue weighted by Crippen LogP contribution is -2.33. The SMILES string of the molecule is CC(Cc1c(C(C)(C)C)cc(C(C)(C)C)cc1C(C)(C)C)c1c(C(C)(C)C)c(C(C)(C)C)cc(C(C)(C)C)c1C(C)(C)C. The van der Waals surface area contributed by atoms with Crippen molar-refractivity contribution in [3.05, 3.63) is 68.3 Å². The summed E-state index contributed by atoms with van der Waals surface area (Å²) in [5.74, 6) is 0.370. The van der Waals surface area contributed by atoms with Gasteiger partial charge in [0.15, 0.2) is 0 Å². The van der Waals surface area contributed by atoms with E-state index in [1.807, 2.05) is 0 Å². The molecule has 1 atom stereocenters. The van der Waals surface area contributed by atoms with E-state index < -0.39 is 0 Å². The van der Waals surface area contributed by atoms with Crippen molar-refractivity contribution in [2.24, 2.45) is 0 Å². The topological polar surface area (TPSA) is 0 Å². The summed E-state index contributed by atoms with van der Waals surface area (Å²) in [7, 11) is 0. The highest BCUT2D eigenvalue weighted by atomic mass is 14.4. The summed E-state index contributed by atoms with van der Waals surface area (Å²) in [5, 5.41) is 0. The Morgan fingerprint density at radius 1 is 0.395 bits per heavy atom. The zero-order valence-corrected chi connectivity index (χ0v) is 33.0. The average molecular weight is 589 g/mol. The van der Waals surface area contributed by atoms with Crippen LogP contribution in [0.3, 0.4) is 0 Å². The molecule has 0 radical (unpaired) electrons. The van der Waals surface area contributed by atoms with Crippen LogP contribution in [0.25, 0.3) is 0 Å². The molecule has 1 unspecified atom stereocenters. The highest BCUT2D eigenvalue weighted by Gasteiger charge is 2.39. The van der Waals surface area contributed by atoms with Gasteiger partial charge in [-0.2, -0.15) is 0 Å². The first-order valence-corrected chi connectivity index (χ1v) is 17.1. The second kappa shape index (κ2) is 11.4. The minimum absolute atomic E-state index is 0.0262. The van der Waals surface area contributed by atoms with Crippen LogP contribution in [-0.2, 0) is 44.3 Å². The zero-order valence-electron chi connectivity index (χ0n) is 33.0. The quantitative estimate of drug-likeness (QED) is 0.334. The minimum Gasteiger partial charge on any atom is -0.0581 e. The van der Waals surface area contributed by atoms with Crippen molar-refractivity contribution in [2.75, 3.05) is 0 Å². The summed E-state index contributed by atoms with van der Waals surface area (Å²) in [6, 6.07) is 7.72. The molecular formula is C43H72. The normalized spacial score (nSPS) is 15.2. The van der Waals surface area contributed by atoms with E-state index in [0.29, 0.717) is 5.92 Å². The van der Waals surface area contributed by atoms with Crippen molar-refractivity contribution >= 4 is 0 Å². The molecule has 2 rings (SSSR count). The van der Waals surface area contributed by atoms with Gasteiger partial charge in [0.05, 0.1) is 0 Å². The van der Waals surface area contributed by atoms with Gasteiger partial charge in [0, 0.05) is 0 Å². The molecule has 2 aromatic rings. The summed E-state index contributed by atoms with van der Waals surface area (Å²) in [6.45, 7) is 53.2. The van der Waals surface area contributed by atoms with Crippen LogP contribution in [0.5, 0.6) is 0 Å². The molecule has 0 spiro atoms. The van der Waals surface area contributed by atoms with Gasteiger partial charge in [0.2, 0.25) is 0 Å². The largest absolute Gasteiger partial charge is 0.0581 e. The number of benzene rings is 2. The van der Waals surface area contributed by atoms with Crippen LogP contribution in [0.15, 0.2) is 18.2 Å². The molecular weight excluding hydrogens is 516 g/mol. The Bertz CT molecular complexity index is 1210. The van der Waals surface area contributed by atoms with Gasteiger partial charge in [0.25, 0.3) is 0 Å². The van der Waals surface area contributed by atoms with Gasteiger partial charge in [-0.1, -0.05) is 171 Å². The molecule has 0 aromatic heterocycles. The molecule has 0 aliphatic carbocycles. The summed E-state index contributed by atoms with van der Waals surface area (Å²) >= 11 is 0. The average Bonchev–Trinajstić information content (AvgIpc) is 2.72. The molecule has 0 amide bonds. The third-order valence-corrected chi connectivity index (χ3v) is 9.22. The number of hydrogen-bond acceptors (Lipinski definition) is 0. The first-order valence-electron chi connectivity index (χ1n) is 17.1. The van der Waals surface area contributed by atoms with E-state index in [-0.39, 0.29) is 37.9 Å². The fraction of sp³-hybridized carbons (Fsp3) is 0.721. The van der Waals surface area contributed by atoms with Gasteiger partial charge in [-0.15, -0.1) is 0 Å². The Balaban J connectivity index is 3.23. The van der Waals surface area contributed by atoms with Gasteiger partial charge in [-0.25, -0.2) is 0 Å². The van der Waals surface area contributed by atoms with E-state index in [2.05, 4.69) is 171 Å². The molecule has 0 heterocycles. The zero-order chi connectivity index (χ0) is 34.1. The smallest absolute Gasteiger partial charge is 0.0126 e. The van der Waals surface area contributed by atoms with Gasteiger partial charge in [-0.05, 0) is 100 Å². The van der Waals surface area contributed by atoms with Crippen molar-refractivity contribution in [3.63, 3.8) is 0 Å². The second-order valence-corrected chi connectivity index (χ2v) is 21.0. The van der Waals surface area contributed by atoms with Crippen LogP contribution >= 0.6 is 0 Å². The molecule has 0 bridgehead atoms. The number of hydrogen-bond donors (Lipinski definition) is 0. The van der Waals surface area contributed by atoms with Gasteiger partial charge >= 0.3 is 0 Å².